The number of nitrogens with one attached hydrogen (secondary N) is 1. The monoisotopic (exact) mass is 278 g/mol. The highest BCUT2D eigenvalue weighted by Crippen LogP contribution is 2.28. The van der Waals surface area contributed by atoms with Crippen LogP contribution >= 0.6 is 11.3 Å². The average molecular weight is 278 g/mol. The summed E-state index contributed by atoms with van der Waals surface area (Å²) >= 11 is 1.60. The Bertz CT molecular complexity index is 595. The second-order valence-electron chi connectivity index (χ2n) is 4.54. The second-order valence-corrected chi connectivity index (χ2v) is 5.42. The van der Waals surface area contributed by atoms with Crippen molar-refractivity contribution in [3.63, 3.8) is 0 Å². The molecule has 2 aromatic rings. The lowest BCUT2D eigenvalue weighted by atomic mass is 10.2. The molecule has 2 rings (SSSR count). The quantitative estimate of drug-likeness (QED) is 0.932. The summed E-state index contributed by atoms with van der Waals surface area (Å²) in [5, 5.41) is 5.23. The van der Waals surface area contributed by atoms with E-state index in [1.54, 1.807) is 23.3 Å². The molecule has 0 radical (unpaired) electrons. The number of aryl methyl sites for hydroxylation is 1. The van der Waals surface area contributed by atoms with Crippen molar-refractivity contribution in [2.75, 3.05) is 18.9 Å². The molecule has 2 heterocycles. The van der Waals surface area contributed by atoms with Gasteiger partial charge in [0.05, 0.1) is 10.2 Å². The van der Waals surface area contributed by atoms with Crippen molar-refractivity contribution in [1.82, 2.24) is 14.9 Å². The molecule has 1 unspecified atom stereocenters. The van der Waals surface area contributed by atoms with Crippen molar-refractivity contribution in [3.05, 3.63) is 17.3 Å². The van der Waals surface area contributed by atoms with E-state index in [2.05, 4.69) is 20.7 Å². The molecule has 0 spiro atoms. The van der Waals surface area contributed by atoms with Gasteiger partial charge >= 0.3 is 0 Å². The molecule has 0 aromatic carbocycles. The van der Waals surface area contributed by atoms with Crippen LogP contribution in [0.3, 0.4) is 0 Å². The van der Waals surface area contributed by atoms with Gasteiger partial charge in [0.2, 0.25) is 5.91 Å². The number of nitrogens with zero attached hydrogens (tertiary/aromatic N) is 3. The van der Waals surface area contributed by atoms with Crippen LogP contribution in [0.2, 0.25) is 0 Å². The van der Waals surface area contributed by atoms with E-state index in [0.717, 1.165) is 21.6 Å². The maximum atomic E-state index is 12.0. The summed E-state index contributed by atoms with van der Waals surface area (Å²) in [6.45, 7) is 6.52. The molecule has 0 bridgehead atoms. The van der Waals surface area contributed by atoms with Gasteiger partial charge in [0.25, 0.3) is 0 Å². The standard InChI is InChI=1S/C13H18N4OS/c1-5-17(4)13(18)9(3)16-12-11-10(14-7-15-12)8(2)6-19-11/h6-7,9H,5H2,1-4H3,(H,14,15,16). The first kappa shape index (κ1) is 13.7. The maximum Gasteiger partial charge on any atom is 0.244 e. The van der Waals surface area contributed by atoms with Gasteiger partial charge in [0.1, 0.15) is 18.2 Å². The zero-order chi connectivity index (χ0) is 14.0. The van der Waals surface area contributed by atoms with Gasteiger partial charge in [-0.3, -0.25) is 4.79 Å². The predicted octanol–water partition coefficient (Wildman–Crippen LogP) is 2.28. The fraction of sp³-hybridized carbons (Fsp3) is 0.462. The molecule has 6 heteroatoms. The molecule has 2 aromatic heterocycles. The summed E-state index contributed by atoms with van der Waals surface area (Å²) in [6, 6.07) is -0.301. The fourth-order valence-electron chi connectivity index (χ4n) is 1.83. The number of amides is 1. The number of fused-ring (bicyclic) bond motifs is 1. The summed E-state index contributed by atoms with van der Waals surface area (Å²) in [5.74, 6) is 0.788. The number of hydrogen-bond acceptors (Lipinski definition) is 5. The number of likely N-dealkylation sites (N-methyl/N-ethyl adjacent to an activating group) is 1. The zero-order valence-corrected chi connectivity index (χ0v) is 12.4. The number of rotatable bonds is 4. The van der Waals surface area contributed by atoms with Gasteiger partial charge < -0.3 is 10.2 Å². The van der Waals surface area contributed by atoms with Crippen LogP contribution in [0.5, 0.6) is 0 Å². The van der Waals surface area contributed by atoms with E-state index in [4.69, 9.17) is 0 Å². The van der Waals surface area contributed by atoms with Crippen molar-refractivity contribution >= 4 is 33.3 Å². The third-order valence-electron chi connectivity index (χ3n) is 3.11. The van der Waals surface area contributed by atoms with E-state index in [-0.39, 0.29) is 11.9 Å². The van der Waals surface area contributed by atoms with Gasteiger partial charge in [-0.2, -0.15) is 0 Å². The van der Waals surface area contributed by atoms with Gasteiger partial charge in [-0.25, -0.2) is 9.97 Å². The Hall–Kier alpha value is -1.69. The lowest BCUT2D eigenvalue weighted by Gasteiger charge is -2.21. The lowest BCUT2D eigenvalue weighted by Crippen LogP contribution is -2.39. The van der Waals surface area contributed by atoms with Crippen molar-refractivity contribution in [2.45, 2.75) is 26.8 Å². The van der Waals surface area contributed by atoms with Crippen molar-refractivity contribution in [1.29, 1.82) is 0 Å². The normalized spacial score (nSPS) is 12.4. The van der Waals surface area contributed by atoms with Crippen LogP contribution in [0.4, 0.5) is 5.82 Å². The summed E-state index contributed by atoms with van der Waals surface area (Å²) < 4.78 is 0.999. The molecule has 1 amide bonds. The Morgan fingerprint density at radius 3 is 2.95 bits per heavy atom. The van der Waals surface area contributed by atoms with E-state index < -0.39 is 0 Å². The topological polar surface area (TPSA) is 58.1 Å². The molecule has 5 nitrogen and oxygen atoms in total. The lowest BCUT2D eigenvalue weighted by molar-refractivity contribution is -0.130. The first-order valence-corrected chi connectivity index (χ1v) is 7.12. The van der Waals surface area contributed by atoms with Crippen LogP contribution in [-0.2, 0) is 4.79 Å². The van der Waals surface area contributed by atoms with Crippen molar-refractivity contribution < 1.29 is 4.79 Å². The van der Waals surface area contributed by atoms with Gasteiger partial charge in [0.15, 0.2) is 0 Å². The highest BCUT2D eigenvalue weighted by Gasteiger charge is 2.18. The summed E-state index contributed by atoms with van der Waals surface area (Å²) in [4.78, 5) is 22.2. The van der Waals surface area contributed by atoms with Crippen LogP contribution in [0, 0.1) is 6.92 Å². The highest BCUT2D eigenvalue weighted by molar-refractivity contribution is 7.18. The minimum Gasteiger partial charge on any atom is -0.357 e. The van der Waals surface area contributed by atoms with Gasteiger partial charge in [-0.05, 0) is 31.7 Å². The molecule has 1 atom stereocenters. The number of hydrogen-bond donors (Lipinski definition) is 1. The fourth-order valence-corrected chi connectivity index (χ4v) is 2.78. The Kier molecular flexibility index (Phi) is 3.99. The molecule has 0 aliphatic heterocycles. The molecular formula is C13H18N4OS. The molecule has 19 heavy (non-hydrogen) atoms. The Labute approximate surface area is 116 Å². The van der Waals surface area contributed by atoms with Gasteiger partial charge in [-0.15, -0.1) is 11.3 Å². The summed E-state index contributed by atoms with van der Waals surface area (Å²) in [6.07, 6.45) is 1.53. The van der Waals surface area contributed by atoms with Crippen LogP contribution in [0.25, 0.3) is 10.2 Å². The Morgan fingerprint density at radius 2 is 2.26 bits per heavy atom. The van der Waals surface area contributed by atoms with E-state index in [9.17, 15) is 4.79 Å². The average Bonchev–Trinajstić information content (AvgIpc) is 2.80. The maximum absolute atomic E-state index is 12.0. The van der Waals surface area contributed by atoms with Crippen molar-refractivity contribution in [2.24, 2.45) is 0 Å². The third kappa shape index (κ3) is 2.68. The zero-order valence-electron chi connectivity index (χ0n) is 11.6. The molecule has 1 N–H and O–H groups in total. The summed E-state index contributed by atoms with van der Waals surface area (Å²) in [5.41, 5.74) is 2.08. The van der Waals surface area contributed by atoms with E-state index in [1.165, 1.54) is 6.33 Å². The number of anilines is 1. The van der Waals surface area contributed by atoms with Gasteiger partial charge in [-0.1, -0.05) is 0 Å². The molecular weight excluding hydrogens is 260 g/mol. The molecule has 0 saturated carbocycles. The molecule has 0 fully saturated rings. The Balaban J connectivity index is 2.24. The minimum absolute atomic E-state index is 0.0579. The largest absolute Gasteiger partial charge is 0.357 e. The van der Waals surface area contributed by atoms with E-state index in [1.807, 2.05) is 20.8 Å². The minimum atomic E-state index is -0.301. The summed E-state index contributed by atoms with van der Waals surface area (Å²) in [7, 11) is 1.80. The number of carbonyl (C=O) groups is 1. The highest BCUT2D eigenvalue weighted by atomic mass is 32.1. The number of carbonyl (C=O) groups excluding carboxylic acids is 1. The Morgan fingerprint density at radius 1 is 1.53 bits per heavy atom. The number of aromatic nitrogens is 2. The van der Waals surface area contributed by atoms with Crippen LogP contribution < -0.4 is 5.32 Å². The first-order valence-electron chi connectivity index (χ1n) is 6.25. The predicted molar refractivity (Wildman–Crippen MR) is 78.5 cm³/mol. The van der Waals surface area contributed by atoms with E-state index >= 15 is 0 Å². The SMILES string of the molecule is CCN(C)C(=O)C(C)Nc1ncnc2c(C)csc12. The molecule has 0 aliphatic carbocycles. The van der Waals surface area contributed by atoms with Gasteiger partial charge in [0, 0.05) is 13.6 Å². The molecule has 102 valence electrons. The van der Waals surface area contributed by atoms with Crippen molar-refractivity contribution in [3.8, 4) is 0 Å². The van der Waals surface area contributed by atoms with Crippen LogP contribution in [0.15, 0.2) is 11.7 Å². The third-order valence-corrected chi connectivity index (χ3v) is 4.20. The van der Waals surface area contributed by atoms with Crippen LogP contribution in [-0.4, -0.2) is 40.4 Å². The molecule has 0 saturated heterocycles. The molecule has 0 aliphatic rings. The van der Waals surface area contributed by atoms with Crippen LogP contribution in [0.1, 0.15) is 19.4 Å². The van der Waals surface area contributed by atoms with E-state index in [0.29, 0.717) is 6.54 Å². The first-order chi connectivity index (χ1) is 9.04. The number of thiophene rings is 1. The second kappa shape index (κ2) is 5.52. The smallest absolute Gasteiger partial charge is 0.244 e.